The van der Waals surface area contributed by atoms with E-state index in [4.69, 9.17) is 4.74 Å². The fraction of sp³-hybridized carbons (Fsp3) is 0.321. The van der Waals surface area contributed by atoms with Gasteiger partial charge in [0.25, 0.3) is 0 Å². The van der Waals surface area contributed by atoms with Gasteiger partial charge in [0.2, 0.25) is 0 Å². The summed E-state index contributed by atoms with van der Waals surface area (Å²) in [4.78, 5) is 13.0. The van der Waals surface area contributed by atoms with Gasteiger partial charge in [0, 0.05) is 17.5 Å². The number of hydrogen-bond acceptors (Lipinski definition) is 4. The highest BCUT2D eigenvalue weighted by atomic mass is 16.5. The Labute approximate surface area is 190 Å². The van der Waals surface area contributed by atoms with Crippen LogP contribution in [0.3, 0.4) is 0 Å². The van der Waals surface area contributed by atoms with E-state index in [1.54, 1.807) is 24.3 Å². The summed E-state index contributed by atoms with van der Waals surface area (Å²) < 4.78 is 6.05. The highest BCUT2D eigenvalue weighted by Gasteiger charge is 2.20. The first kappa shape index (κ1) is 23.4. The van der Waals surface area contributed by atoms with E-state index in [9.17, 15) is 15.0 Å². The molecular weight excluding hydrogens is 400 g/mol. The monoisotopic (exact) mass is 432 g/mol. The second-order valence-electron chi connectivity index (χ2n) is 8.09. The number of ether oxygens (including phenoxy) is 1. The van der Waals surface area contributed by atoms with Crippen molar-refractivity contribution in [3.63, 3.8) is 0 Å². The van der Waals surface area contributed by atoms with Crippen molar-refractivity contribution in [3.8, 4) is 17.2 Å². The van der Waals surface area contributed by atoms with Gasteiger partial charge in [0.15, 0.2) is 5.78 Å². The van der Waals surface area contributed by atoms with Gasteiger partial charge in [0.05, 0.1) is 12.2 Å². The zero-order valence-electron chi connectivity index (χ0n) is 18.7. The van der Waals surface area contributed by atoms with Crippen molar-refractivity contribution < 1.29 is 19.7 Å². The molecule has 3 aromatic carbocycles. The van der Waals surface area contributed by atoms with Gasteiger partial charge in [-0.15, -0.1) is 0 Å². The summed E-state index contributed by atoms with van der Waals surface area (Å²) in [5, 5.41) is 20.6. The Balaban J connectivity index is 1.80. The maximum Gasteiger partial charge on any atom is 0.196 e. The Morgan fingerprint density at radius 1 is 0.812 bits per heavy atom. The molecule has 32 heavy (non-hydrogen) atoms. The van der Waals surface area contributed by atoms with Crippen LogP contribution in [-0.2, 0) is 6.42 Å². The molecule has 0 amide bonds. The molecule has 2 N–H and O–H groups in total. The quantitative estimate of drug-likeness (QED) is 0.248. The van der Waals surface area contributed by atoms with Crippen LogP contribution < -0.4 is 4.74 Å². The third-order valence-corrected chi connectivity index (χ3v) is 5.59. The Morgan fingerprint density at radius 2 is 1.50 bits per heavy atom. The van der Waals surface area contributed by atoms with E-state index in [0.29, 0.717) is 29.9 Å². The molecule has 0 aliphatic rings. The number of hydrogen-bond donors (Lipinski definition) is 2. The molecule has 0 saturated carbocycles. The number of ketones is 1. The third kappa shape index (κ3) is 6.36. The molecule has 168 valence electrons. The second kappa shape index (κ2) is 11.9. The molecule has 0 radical (unpaired) electrons. The molecule has 0 heterocycles. The average Bonchev–Trinajstić information content (AvgIpc) is 2.81. The molecule has 0 atom stereocenters. The van der Waals surface area contributed by atoms with Gasteiger partial charge < -0.3 is 14.9 Å². The van der Waals surface area contributed by atoms with Crippen LogP contribution in [0.25, 0.3) is 0 Å². The van der Waals surface area contributed by atoms with Gasteiger partial charge in [0.1, 0.15) is 17.2 Å². The first-order chi connectivity index (χ1) is 15.6. The molecular formula is C28H32O4. The van der Waals surface area contributed by atoms with E-state index in [1.165, 1.54) is 37.8 Å². The Hall–Kier alpha value is -3.27. The van der Waals surface area contributed by atoms with E-state index < -0.39 is 0 Å². The smallest absolute Gasteiger partial charge is 0.196 e. The molecule has 0 unspecified atom stereocenters. The van der Waals surface area contributed by atoms with Crippen LogP contribution in [0.15, 0.2) is 66.7 Å². The molecule has 0 spiro atoms. The van der Waals surface area contributed by atoms with Crippen molar-refractivity contribution in [2.24, 2.45) is 0 Å². The highest BCUT2D eigenvalue weighted by molar-refractivity contribution is 6.11. The van der Waals surface area contributed by atoms with Crippen LogP contribution in [0.4, 0.5) is 0 Å². The average molecular weight is 433 g/mol. The maximum atomic E-state index is 13.0. The lowest BCUT2D eigenvalue weighted by Crippen LogP contribution is -2.06. The predicted molar refractivity (Wildman–Crippen MR) is 128 cm³/mol. The van der Waals surface area contributed by atoms with Crippen molar-refractivity contribution in [1.82, 2.24) is 0 Å². The van der Waals surface area contributed by atoms with E-state index in [1.807, 2.05) is 30.3 Å². The minimum atomic E-state index is -0.292. The fourth-order valence-corrected chi connectivity index (χ4v) is 3.74. The van der Waals surface area contributed by atoms with Crippen LogP contribution >= 0.6 is 0 Å². The summed E-state index contributed by atoms with van der Waals surface area (Å²) in [5.41, 5.74) is 2.28. The number of rotatable bonds is 12. The van der Waals surface area contributed by atoms with Gasteiger partial charge in [-0.3, -0.25) is 4.79 Å². The minimum Gasteiger partial charge on any atom is -0.508 e. The van der Waals surface area contributed by atoms with Gasteiger partial charge in [-0.05, 0) is 48.4 Å². The molecule has 4 heteroatoms. The van der Waals surface area contributed by atoms with Gasteiger partial charge >= 0.3 is 0 Å². The molecule has 3 aromatic rings. The Bertz CT molecular complexity index is 994. The molecule has 0 aliphatic heterocycles. The third-order valence-electron chi connectivity index (χ3n) is 5.59. The lowest BCUT2D eigenvalue weighted by Gasteiger charge is -2.16. The van der Waals surface area contributed by atoms with Crippen LogP contribution in [0.1, 0.15) is 72.5 Å². The van der Waals surface area contributed by atoms with Gasteiger partial charge in [-0.25, -0.2) is 0 Å². The second-order valence-corrected chi connectivity index (χ2v) is 8.09. The molecule has 0 saturated heterocycles. The van der Waals surface area contributed by atoms with Crippen molar-refractivity contribution in [2.45, 2.75) is 51.9 Å². The number of phenolic OH excluding ortho intramolecular Hbond substituents is 2. The van der Waals surface area contributed by atoms with Crippen molar-refractivity contribution in [3.05, 3.63) is 89.0 Å². The van der Waals surface area contributed by atoms with E-state index >= 15 is 0 Å². The lowest BCUT2D eigenvalue weighted by molar-refractivity contribution is 0.103. The molecule has 3 rings (SSSR count). The first-order valence-electron chi connectivity index (χ1n) is 11.5. The zero-order valence-corrected chi connectivity index (χ0v) is 18.7. The van der Waals surface area contributed by atoms with Crippen LogP contribution in [0, 0.1) is 0 Å². The number of benzene rings is 3. The maximum absolute atomic E-state index is 13.0. The normalized spacial score (nSPS) is 10.8. The summed E-state index contributed by atoms with van der Waals surface area (Å²) in [5.74, 6) is 0.364. The summed E-state index contributed by atoms with van der Waals surface area (Å²) in [7, 11) is 0. The molecule has 4 nitrogen and oxygen atoms in total. The Morgan fingerprint density at radius 3 is 2.22 bits per heavy atom. The standard InChI is InChI=1S/C28H32O4/c1-2-3-4-5-6-10-19-32-26-18-17-24(27(30)22-13-15-23(29)16-14-22)28(31)25(26)20-21-11-8-7-9-12-21/h7-9,11-18,29,31H,2-6,10,19-20H2,1H3. The summed E-state index contributed by atoms with van der Waals surface area (Å²) in [6.07, 6.45) is 7.51. The predicted octanol–water partition coefficient (Wildman–Crippen LogP) is 6.66. The van der Waals surface area contributed by atoms with E-state index in [0.717, 1.165) is 18.4 Å². The molecule has 0 bridgehead atoms. The number of carbonyl (C=O) groups excluding carboxylic acids is 1. The van der Waals surface area contributed by atoms with Crippen LogP contribution in [0.5, 0.6) is 17.2 Å². The molecule has 0 aromatic heterocycles. The van der Waals surface area contributed by atoms with Crippen LogP contribution in [-0.4, -0.2) is 22.6 Å². The highest BCUT2D eigenvalue weighted by Crippen LogP contribution is 2.35. The van der Waals surface area contributed by atoms with Gasteiger partial charge in [-0.1, -0.05) is 69.4 Å². The van der Waals surface area contributed by atoms with Crippen molar-refractivity contribution in [2.75, 3.05) is 6.61 Å². The van der Waals surface area contributed by atoms with Gasteiger partial charge in [-0.2, -0.15) is 0 Å². The topological polar surface area (TPSA) is 66.8 Å². The Kier molecular flexibility index (Phi) is 8.73. The van der Waals surface area contributed by atoms with Crippen LogP contribution in [0.2, 0.25) is 0 Å². The fourth-order valence-electron chi connectivity index (χ4n) is 3.74. The number of aromatic hydroxyl groups is 2. The molecule has 0 fully saturated rings. The minimum absolute atomic E-state index is 0.0487. The number of unbranched alkanes of at least 4 members (excludes halogenated alkanes) is 5. The zero-order chi connectivity index (χ0) is 22.8. The van der Waals surface area contributed by atoms with E-state index in [-0.39, 0.29) is 22.8 Å². The number of carbonyl (C=O) groups is 1. The SMILES string of the molecule is CCCCCCCCOc1ccc(C(=O)c2ccc(O)cc2)c(O)c1Cc1ccccc1. The summed E-state index contributed by atoms with van der Waals surface area (Å²) >= 11 is 0. The lowest BCUT2D eigenvalue weighted by atomic mass is 9.96. The first-order valence-corrected chi connectivity index (χ1v) is 11.5. The molecule has 0 aliphatic carbocycles. The van der Waals surface area contributed by atoms with Crippen molar-refractivity contribution >= 4 is 5.78 Å². The largest absolute Gasteiger partial charge is 0.508 e. The van der Waals surface area contributed by atoms with Crippen molar-refractivity contribution in [1.29, 1.82) is 0 Å². The summed E-state index contributed by atoms with van der Waals surface area (Å²) in [6, 6.07) is 19.3. The summed E-state index contributed by atoms with van der Waals surface area (Å²) in [6.45, 7) is 2.79. The van der Waals surface area contributed by atoms with E-state index in [2.05, 4.69) is 6.92 Å². The number of phenols is 2.